The number of carbonyl (C=O) groups excluding carboxylic acids is 1. The number of sulfonamides is 1. The number of benzene rings is 1. The Balaban J connectivity index is 3.29. The highest BCUT2D eigenvalue weighted by Crippen LogP contribution is 2.24. The zero-order chi connectivity index (χ0) is 13.9. The SMILES string of the molecule is CC(=O)C(C)c1ccccc1S(=O)(=O)NC(C)C. The molecular formula is C13H19NO3S. The van der Waals surface area contributed by atoms with E-state index in [9.17, 15) is 13.2 Å². The van der Waals surface area contributed by atoms with Gasteiger partial charge in [-0.1, -0.05) is 25.1 Å². The average molecular weight is 269 g/mol. The van der Waals surface area contributed by atoms with Crippen molar-refractivity contribution in [2.75, 3.05) is 0 Å². The zero-order valence-corrected chi connectivity index (χ0v) is 11.9. The van der Waals surface area contributed by atoms with Crippen LogP contribution in [0.25, 0.3) is 0 Å². The molecule has 0 aliphatic carbocycles. The summed E-state index contributed by atoms with van der Waals surface area (Å²) >= 11 is 0. The van der Waals surface area contributed by atoms with E-state index in [1.807, 2.05) is 0 Å². The fourth-order valence-corrected chi connectivity index (χ4v) is 3.24. The number of ketones is 1. The van der Waals surface area contributed by atoms with Gasteiger partial charge in [0.1, 0.15) is 5.78 Å². The Hall–Kier alpha value is -1.20. The molecule has 0 saturated heterocycles. The Labute approximate surface area is 108 Å². The topological polar surface area (TPSA) is 63.2 Å². The quantitative estimate of drug-likeness (QED) is 0.890. The van der Waals surface area contributed by atoms with Crippen LogP contribution in [0.1, 0.15) is 39.2 Å². The van der Waals surface area contributed by atoms with E-state index in [0.717, 1.165) is 0 Å². The molecule has 0 spiro atoms. The summed E-state index contributed by atoms with van der Waals surface area (Å²) in [6.07, 6.45) is 0. The molecule has 5 heteroatoms. The molecule has 1 rings (SSSR count). The summed E-state index contributed by atoms with van der Waals surface area (Å²) in [5.41, 5.74) is 0.540. The Morgan fingerprint density at radius 3 is 2.22 bits per heavy atom. The van der Waals surface area contributed by atoms with Crippen molar-refractivity contribution in [2.45, 2.75) is 44.6 Å². The second kappa shape index (κ2) is 5.63. The summed E-state index contributed by atoms with van der Waals surface area (Å²) in [6.45, 7) is 6.69. The molecule has 0 heterocycles. The average Bonchev–Trinajstić information content (AvgIpc) is 2.26. The second-order valence-corrected chi connectivity index (χ2v) is 6.33. The predicted octanol–water partition coefficient (Wildman–Crippen LogP) is 2.07. The van der Waals surface area contributed by atoms with Gasteiger partial charge in [0, 0.05) is 12.0 Å². The van der Waals surface area contributed by atoms with Crippen molar-refractivity contribution in [2.24, 2.45) is 0 Å². The highest BCUT2D eigenvalue weighted by molar-refractivity contribution is 7.89. The van der Waals surface area contributed by atoms with E-state index in [0.29, 0.717) is 5.56 Å². The summed E-state index contributed by atoms with van der Waals surface area (Å²) in [7, 11) is -3.57. The first-order valence-electron chi connectivity index (χ1n) is 5.87. The number of hydrogen-bond acceptors (Lipinski definition) is 3. The minimum Gasteiger partial charge on any atom is -0.299 e. The van der Waals surface area contributed by atoms with E-state index in [1.165, 1.54) is 13.0 Å². The van der Waals surface area contributed by atoms with Crippen LogP contribution in [0.15, 0.2) is 29.2 Å². The Bertz CT molecular complexity index is 535. The molecular weight excluding hydrogens is 250 g/mol. The molecule has 0 aromatic heterocycles. The summed E-state index contributed by atoms with van der Waals surface area (Å²) < 4.78 is 26.9. The molecule has 1 N–H and O–H groups in total. The maximum atomic E-state index is 12.2. The van der Waals surface area contributed by atoms with Crippen molar-refractivity contribution in [1.82, 2.24) is 4.72 Å². The predicted molar refractivity (Wildman–Crippen MR) is 71.0 cm³/mol. The molecule has 4 nitrogen and oxygen atoms in total. The maximum absolute atomic E-state index is 12.2. The van der Waals surface area contributed by atoms with E-state index >= 15 is 0 Å². The van der Waals surface area contributed by atoms with Crippen LogP contribution in [0.3, 0.4) is 0 Å². The largest absolute Gasteiger partial charge is 0.299 e. The van der Waals surface area contributed by atoms with Crippen LogP contribution >= 0.6 is 0 Å². The molecule has 0 fully saturated rings. The lowest BCUT2D eigenvalue weighted by atomic mass is 9.98. The van der Waals surface area contributed by atoms with Crippen molar-refractivity contribution in [3.63, 3.8) is 0 Å². The lowest BCUT2D eigenvalue weighted by molar-refractivity contribution is -0.118. The van der Waals surface area contributed by atoms with Crippen LogP contribution in [-0.2, 0) is 14.8 Å². The molecule has 1 atom stereocenters. The number of nitrogens with one attached hydrogen (secondary N) is 1. The molecule has 0 radical (unpaired) electrons. The van der Waals surface area contributed by atoms with Crippen LogP contribution in [0, 0.1) is 0 Å². The summed E-state index contributed by atoms with van der Waals surface area (Å²) in [4.78, 5) is 11.6. The van der Waals surface area contributed by atoms with Crippen molar-refractivity contribution in [3.05, 3.63) is 29.8 Å². The fourth-order valence-electron chi connectivity index (χ4n) is 1.68. The van der Waals surface area contributed by atoms with Crippen molar-refractivity contribution in [3.8, 4) is 0 Å². The lowest BCUT2D eigenvalue weighted by Gasteiger charge is -2.16. The van der Waals surface area contributed by atoms with E-state index < -0.39 is 15.9 Å². The monoisotopic (exact) mass is 269 g/mol. The summed E-state index contributed by atoms with van der Waals surface area (Å²) in [5.74, 6) is -0.480. The van der Waals surface area contributed by atoms with Gasteiger partial charge in [-0.05, 0) is 32.4 Å². The Kier molecular flexibility index (Phi) is 4.65. The van der Waals surface area contributed by atoms with E-state index in [4.69, 9.17) is 0 Å². The molecule has 1 unspecified atom stereocenters. The van der Waals surface area contributed by atoms with Gasteiger partial charge in [-0.15, -0.1) is 0 Å². The molecule has 18 heavy (non-hydrogen) atoms. The molecule has 1 aromatic rings. The number of rotatable bonds is 5. The van der Waals surface area contributed by atoms with Crippen molar-refractivity contribution in [1.29, 1.82) is 0 Å². The number of Topliss-reactive ketones (excluding diaryl/α,β-unsaturated/α-hetero) is 1. The highest BCUT2D eigenvalue weighted by Gasteiger charge is 2.23. The molecule has 0 aliphatic rings. The lowest BCUT2D eigenvalue weighted by Crippen LogP contribution is -2.31. The zero-order valence-electron chi connectivity index (χ0n) is 11.1. The highest BCUT2D eigenvalue weighted by atomic mass is 32.2. The first-order valence-corrected chi connectivity index (χ1v) is 7.35. The van der Waals surface area contributed by atoms with E-state index in [2.05, 4.69) is 4.72 Å². The third kappa shape index (κ3) is 3.40. The standard InChI is InChI=1S/C13H19NO3S/c1-9(2)14-18(16,17)13-8-6-5-7-12(13)10(3)11(4)15/h5-10,14H,1-4H3. The van der Waals surface area contributed by atoms with Crippen molar-refractivity contribution < 1.29 is 13.2 Å². The van der Waals surface area contributed by atoms with Gasteiger partial charge >= 0.3 is 0 Å². The van der Waals surface area contributed by atoms with Gasteiger partial charge in [0.15, 0.2) is 0 Å². The van der Waals surface area contributed by atoms with Gasteiger partial charge < -0.3 is 0 Å². The molecule has 0 aliphatic heterocycles. The summed E-state index contributed by atoms with van der Waals surface area (Å²) in [6, 6.07) is 6.42. The first-order chi connectivity index (χ1) is 8.25. The van der Waals surface area contributed by atoms with Crippen LogP contribution < -0.4 is 4.72 Å². The van der Waals surface area contributed by atoms with Crippen molar-refractivity contribution >= 4 is 15.8 Å². The van der Waals surface area contributed by atoms with Crippen LogP contribution in [0.5, 0.6) is 0 Å². The normalized spacial score (nSPS) is 13.6. The van der Waals surface area contributed by atoms with Gasteiger partial charge in [0.25, 0.3) is 0 Å². The minimum absolute atomic E-state index is 0.0535. The number of hydrogen-bond donors (Lipinski definition) is 1. The third-order valence-corrected chi connectivity index (χ3v) is 4.41. The van der Waals surface area contributed by atoms with Gasteiger partial charge in [0.2, 0.25) is 10.0 Å². The minimum atomic E-state index is -3.57. The van der Waals surface area contributed by atoms with Gasteiger partial charge in [0.05, 0.1) is 4.90 Å². The van der Waals surface area contributed by atoms with Gasteiger partial charge in [-0.3, -0.25) is 4.79 Å². The van der Waals surface area contributed by atoms with E-state index in [1.54, 1.807) is 39.0 Å². The first kappa shape index (κ1) is 14.9. The molecule has 1 aromatic carbocycles. The molecule has 100 valence electrons. The summed E-state index contributed by atoms with van der Waals surface area (Å²) in [5, 5.41) is 0. The Morgan fingerprint density at radius 1 is 1.17 bits per heavy atom. The Morgan fingerprint density at radius 2 is 1.72 bits per heavy atom. The van der Waals surface area contributed by atoms with Gasteiger partial charge in [-0.2, -0.15) is 0 Å². The molecule has 0 bridgehead atoms. The molecule has 0 amide bonds. The fraction of sp³-hybridized carbons (Fsp3) is 0.462. The van der Waals surface area contributed by atoms with Crippen LogP contribution in [-0.4, -0.2) is 20.2 Å². The number of carbonyl (C=O) groups is 1. The molecule has 0 saturated carbocycles. The maximum Gasteiger partial charge on any atom is 0.241 e. The van der Waals surface area contributed by atoms with E-state index in [-0.39, 0.29) is 16.7 Å². The van der Waals surface area contributed by atoms with Crippen LogP contribution in [0.2, 0.25) is 0 Å². The third-order valence-electron chi connectivity index (χ3n) is 2.68. The smallest absolute Gasteiger partial charge is 0.241 e. The van der Waals surface area contributed by atoms with Gasteiger partial charge in [-0.25, -0.2) is 13.1 Å². The second-order valence-electron chi connectivity index (χ2n) is 4.65. The van der Waals surface area contributed by atoms with Crippen LogP contribution in [0.4, 0.5) is 0 Å².